The van der Waals surface area contributed by atoms with E-state index in [1.54, 1.807) is 0 Å². The maximum atomic E-state index is 9.95. The number of hydrogen-bond acceptors (Lipinski definition) is 2. The van der Waals surface area contributed by atoms with E-state index in [0.717, 1.165) is 29.7 Å². The van der Waals surface area contributed by atoms with Gasteiger partial charge in [0.25, 0.3) is 0 Å². The molecule has 1 aromatic heterocycles. The Labute approximate surface area is 86.7 Å². The summed E-state index contributed by atoms with van der Waals surface area (Å²) in [6.07, 6.45) is 4.93. The summed E-state index contributed by atoms with van der Waals surface area (Å²) in [6, 6.07) is 1.83. The summed E-state index contributed by atoms with van der Waals surface area (Å²) in [7, 11) is 0. The fraction of sp³-hybridized carbons (Fsp3) is 0.400. The molecule has 0 saturated carbocycles. The molecule has 1 aliphatic rings. The van der Waals surface area contributed by atoms with Gasteiger partial charge in [-0.15, -0.1) is 11.3 Å². The van der Waals surface area contributed by atoms with Crippen LogP contribution in [0.5, 0.6) is 0 Å². The van der Waals surface area contributed by atoms with Crippen molar-refractivity contribution < 1.29 is 5.11 Å². The van der Waals surface area contributed by atoms with Crippen LogP contribution in [-0.2, 0) is 0 Å². The SMILES string of the molecule is OC(C1=CCCC1)c1sccc1Cl. The molecule has 0 aliphatic heterocycles. The standard InChI is InChI=1S/C10H11ClOS/c11-8-5-6-13-10(8)9(12)7-3-1-2-4-7/h3,5-6,9,12H,1-2,4H2. The van der Waals surface area contributed by atoms with E-state index in [1.165, 1.54) is 11.3 Å². The molecule has 13 heavy (non-hydrogen) atoms. The van der Waals surface area contributed by atoms with E-state index in [2.05, 4.69) is 6.08 Å². The first kappa shape index (κ1) is 9.25. The summed E-state index contributed by atoms with van der Waals surface area (Å²) in [5.41, 5.74) is 1.13. The first-order chi connectivity index (χ1) is 6.29. The molecule has 0 aromatic carbocycles. The van der Waals surface area contributed by atoms with Gasteiger partial charge >= 0.3 is 0 Å². The molecule has 0 bridgehead atoms. The maximum Gasteiger partial charge on any atom is 0.111 e. The number of aliphatic hydroxyl groups is 1. The topological polar surface area (TPSA) is 20.2 Å². The Morgan fingerprint density at radius 2 is 2.38 bits per heavy atom. The second kappa shape index (κ2) is 3.82. The Balaban J connectivity index is 2.21. The van der Waals surface area contributed by atoms with Crippen molar-refractivity contribution in [2.45, 2.75) is 25.4 Å². The number of aliphatic hydroxyl groups excluding tert-OH is 1. The minimum absolute atomic E-state index is 0.463. The molecule has 70 valence electrons. The van der Waals surface area contributed by atoms with Crippen molar-refractivity contribution >= 4 is 22.9 Å². The van der Waals surface area contributed by atoms with Gasteiger partial charge in [-0.05, 0) is 36.3 Å². The van der Waals surface area contributed by atoms with E-state index in [-0.39, 0.29) is 0 Å². The molecule has 2 rings (SSSR count). The largest absolute Gasteiger partial charge is 0.383 e. The quantitative estimate of drug-likeness (QED) is 0.747. The zero-order chi connectivity index (χ0) is 9.26. The van der Waals surface area contributed by atoms with Crippen LogP contribution in [0.25, 0.3) is 0 Å². The lowest BCUT2D eigenvalue weighted by Crippen LogP contribution is -1.97. The molecule has 1 nitrogen and oxygen atoms in total. The van der Waals surface area contributed by atoms with E-state index >= 15 is 0 Å². The van der Waals surface area contributed by atoms with Crippen LogP contribution in [0.1, 0.15) is 30.2 Å². The highest BCUT2D eigenvalue weighted by Gasteiger charge is 2.19. The minimum Gasteiger partial charge on any atom is -0.383 e. The summed E-state index contributed by atoms with van der Waals surface area (Å²) in [6.45, 7) is 0. The van der Waals surface area contributed by atoms with E-state index in [4.69, 9.17) is 11.6 Å². The minimum atomic E-state index is -0.463. The van der Waals surface area contributed by atoms with Gasteiger partial charge in [0, 0.05) is 0 Å². The highest BCUT2D eigenvalue weighted by atomic mass is 35.5. The number of halogens is 1. The Kier molecular flexibility index (Phi) is 2.72. The molecule has 1 aromatic rings. The summed E-state index contributed by atoms with van der Waals surface area (Å²) >= 11 is 7.46. The average Bonchev–Trinajstić information content (AvgIpc) is 2.72. The van der Waals surface area contributed by atoms with Gasteiger partial charge in [-0.2, -0.15) is 0 Å². The van der Waals surface area contributed by atoms with Crippen LogP contribution in [0.4, 0.5) is 0 Å². The highest BCUT2D eigenvalue weighted by Crippen LogP contribution is 2.36. The second-order valence-electron chi connectivity index (χ2n) is 3.21. The number of hydrogen-bond donors (Lipinski definition) is 1. The third kappa shape index (κ3) is 1.80. The van der Waals surface area contributed by atoms with Crippen molar-refractivity contribution in [2.75, 3.05) is 0 Å². The summed E-state index contributed by atoms with van der Waals surface area (Å²) in [5, 5.41) is 12.5. The third-order valence-electron chi connectivity index (χ3n) is 2.32. The second-order valence-corrected chi connectivity index (χ2v) is 4.56. The van der Waals surface area contributed by atoms with Crippen LogP contribution < -0.4 is 0 Å². The van der Waals surface area contributed by atoms with Gasteiger partial charge in [0.05, 0.1) is 9.90 Å². The molecular formula is C10H11ClOS. The molecule has 0 fully saturated rings. The molecule has 0 radical (unpaired) electrons. The smallest absolute Gasteiger partial charge is 0.111 e. The van der Waals surface area contributed by atoms with Crippen LogP contribution in [0, 0.1) is 0 Å². The predicted molar refractivity (Wildman–Crippen MR) is 56.2 cm³/mol. The van der Waals surface area contributed by atoms with E-state index in [1.807, 2.05) is 11.4 Å². The normalized spacial score (nSPS) is 18.8. The molecular weight excluding hydrogens is 204 g/mol. The zero-order valence-corrected chi connectivity index (χ0v) is 8.74. The number of allylic oxidation sites excluding steroid dienone is 1. The van der Waals surface area contributed by atoms with Gasteiger partial charge < -0.3 is 5.11 Å². The fourth-order valence-electron chi connectivity index (χ4n) is 1.61. The molecule has 0 spiro atoms. The number of thiophene rings is 1. The molecule has 1 heterocycles. The van der Waals surface area contributed by atoms with Gasteiger partial charge in [-0.3, -0.25) is 0 Å². The Hall–Kier alpha value is -0.310. The average molecular weight is 215 g/mol. The lowest BCUT2D eigenvalue weighted by Gasteiger charge is -2.10. The van der Waals surface area contributed by atoms with Crippen molar-refractivity contribution in [3.63, 3.8) is 0 Å². The Bertz CT molecular complexity index is 329. The van der Waals surface area contributed by atoms with Crippen molar-refractivity contribution in [1.29, 1.82) is 0 Å². The first-order valence-corrected chi connectivity index (χ1v) is 5.64. The molecule has 1 N–H and O–H groups in total. The van der Waals surface area contributed by atoms with Gasteiger partial charge in [0.15, 0.2) is 0 Å². The van der Waals surface area contributed by atoms with Crippen LogP contribution in [0.15, 0.2) is 23.1 Å². The van der Waals surface area contributed by atoms with Crippen molar-refractivity contribution in [3.8, 4) is 0 Å². The molecule has 1 aliphatic carbocycles. The molecule has 0 saturated heterocycles. The summed E-state index contributed by atoms with van der Waals surface area (Å²) < 4.78 is 0. The number of rotatable bonds is 2. The lowest BCUT2D eigenvalue weighted by molar-refractivity contribution is 0.216. The van der Waals surface area contributed by atoms with Gasteiger partial charge in [-0.25, -0.2) is 0 Å². The first-order valence-electron chi connectivity index (χ1n) is 4.39. The third-order valence-corrected chi connectivity index (χ3v) is 3.73. The van der Waals surface area contributed by atoms with E-state index < -0.39 is 6.10 Å². The Morgan fingerprint density at radius 3 is 2.92 bits per heavy atom. The van der Waals surface area contributed by atoms with Crippen LogP contribution in [0.3, 0.4) is 0 Å². The molecule has 3 heteroatoms. The molecule has 1 unspecified atom stereocenters. The van der Waals surface area contributed by atoms with Gasteiger partial charge in [-0.1, -0.05) is 17.7 Å². The summed E-state index contributed by atoms with van der Waals surface area (Å²) in [4.78, 5) is 0.884. The predicted octanol–water partition coefficient (Wildman–Crippen LogP) is 3.55. The molecule has 0 amide bonds. The van der Waals surface area contributed by atoms with Crippen molar-refractivity contribution in [3.05, 3.63) is 33.0 Å². The van der Waals surface area contributed by atoms with Crippen LogP contribution >= 0.6 is 22.9 Å². The van der Waals surface area contributed by atoms with Crippen molar-refractivity contribution in [2.24, 2.45) is 0 Å². The maximum absolute atomic E-state index is 9.95. The highest BCUT2D eigenvalue weighted by molar-refractivity contribution is 7.10. The fourth-order valence-corrected chi connectivity index (χ4v) is 2.80. The van der Waals surface area contributed by atoms with E-state index in [0.29, 0.717) is 5.02 Å². The zero-order valence-electron chi connectivity index (χ0n) is 7.16. The Morgan fingerprint density at radius 1 is 1.54 bits per heavy atom. The van der Waals surface area contributed by atoms with Crippen molar-refractivity contribution in [1.82, 2.24) is 0 Å². The monoisotopic (exact) mass is 214 g/mol. The van der Waals surface area contributed by atoms with E-state index in [9.17, 15) is 5.11 Å². The molecule has 1 atom stereocenters. The summed E-state index contributed by atoms with van der Waals surface area (Å²) in [5.74, 6) is 0. The van der Waals surface area contributed by atoms with Crippen LogP contribution in [0.2, 0.25) is 5.02 Å². The van der Waals surface area contributed by atoms with Gasteiger partial charge in [0.1, 0.15) is 6.10 Å². The van der Waals surface area contributed by atoms with Gasteiger partial charge in [0.2, 0.25) is 0 Å². The van der Waals surface area contributed by atoms with Crippen LogP contribution in [-0.4, -0.2) is 5.11 Å². The lowest BCUT2D eigenvalue weighted by atomic mass is 10.1.